The molecule has 0 aliphatic carbocycles. The zero-order valence-corrected chi connectivity index (χ0v) is 11.6. The van der Waals surface area contributed by atoms with Crippen LogP contribution in [0.3, 0.4) is 0 Å². The molecule has 0 amide bonds. The van der Waals surface area contributed by atoms with E-state index in [1.807, 2.05) is 6.92 Å². The van der Waals surface area contributed by atoms with Gasteiger partial charge in [-0.3, -0.25) is 9.59 Å². The van der Waals surface area contributed by atoms with Crippen LogP contribution >= 0.6 is 0 Å². The van der Waals surface area contributed by atoms with Crippen LogP contribution in [0.15, 0.2) is 0 Å². The molecule has 0 aromatic carbocycles. The van der Waals surface area contributed by atoms with Crippen molar-refractivity contribution in [3.63, 3.8) is 0 Å². The van der Waals surface area contributed by atoms with Crippen molar-refractivity contribution in [1.82, 2.24) is 0 Å². The van der Waals surface area contributed by atoms with Gasteiger partial charge in [-0.05, 0) is 12.8 Å². The third kappa shape index (κ3) is 17.5. The minimum absolute atomic E-state index is 0.0522. The lowest BCUT2D eigenvalue weighted by atomic mass is 10.3. The first kappa shape index (κ1) is 18.3. The van der Waals surface area contributed by atoms with Gasteiger partial charge in [0.25, 0.3) is 0 Å². The summed E-state index contributed by atoms with van der Waals surface area (Å²) >= 11 is 0. The van der Waals surface area contributed by atoms with Crippen molar-refractivity contribution >= 4 is 11.9 Å². The molecule has 0 aromatic rings. The molecule has 0 heterocycles. The molecule has 4 nitrogen and oxygen atoms in total. The predicted molar refractivity (Wildman–Crippen MR) is 67.7 cm³/mol. The highest BCUT2D eigenvalue weighted by molar-refractivity contribution is 5.69. The Balaban J connectivity index is 0. The number of carbonyl (C=O) groups is 2. The molecule has 0 unspecified atom stereocenters. The number of carbonyl (C=O) groups excluding carboxylic acids is 2. The molecule has 102 valence electrons. The average Bonchev–Trinajstić information content (AvgIpc) is 2.35. The van der Waals surface area contributed by atoms with Gasteiger partial charge in [0.1, 0.15) is 0 Å². The van der Waals surface area contributed by atoms with Crippen LogP contribution in [0.25, 0.3) is 0 Å². The van der Waals surface area contributed by atoms with Crippen molar-refractivity contribution in [3.8, 4) is 0 Å². The van der Waals surface area contributed by atoms with E-state index in [0.717, 1.165) is 19.3 Å². The fraction of sp³-hybridized carbons (Fsp3) is 0.846. The van der Waals surface area contributed by atoms with Crippen LogP contribution in [0.2, 0.25) is 0 Å². The molecule has 0 aromatic heterocycles. The summed E-state index contributed by atoms with van der Waals surface area (Å²) in [7, 11) is 1.38. The summed E-state index contributed by atoms with van der Waals surface area (Å²) in [4.78, 5) is 20.7. The summed E-state index contributed by atoms with van der Waals surface area (Å²) in [5.74, 6) is -0.210. The second kappa shape index (κ2) is 14.9. The van der Waals surface area contributed by atoms with E-state index >= 15 is 0 Å². The maximum atomic E-state index is 10.8. The van der Waals surface area contributed by atoms with E-state index in [0.29, 0.717) is 19.4 Å². The number of rotatable bonds is 7. The second-order valence-electron chi connectivity index (χ2n) is 3.61. The summed E-state index contributed by atoms with van der Waals surface area (Å²) in [6.07, 6.45) is 5.24. The Morgan fingerprint density at radius 2 is 1.59 bits per heavy atom. The maximum absolute atomic E-state index is 10.8. The number of hydrogen-bond acceptors (Lipinski definition) is 4. The first-order chi connectivity index (χ1) is 8.12. The molecule has 4 heteroatoms. The summed E-state index contributed by atoms with van der Waals surface area (Å²) < 4.78 is 9.21. The van der Waals surface area contributed by atoms with E-state index in [1.165, 1.54) is 13.5 Å². The van der Waals surface area contributed by atoms with Crippen molar-refractivity contribution < 1.29 is 19.1 Å². The monoisotopic (exact) mass is 246 g/mol. The van der Waals surface area contributed by atoms with Crippen molar-refractivity contribution in [3.05, 3.63) is 0 Å². The number of hydrogen-bond donors (Lipinski definition) is 0. The van der Waals surface area contributed by atoms with Crippen molar-refractivity contribution in [1.29, 1.82) is 0 Å². The van der Waals surface area contributed by atoms with Crippen molar-refractivity contribution in [2.75, 3.05) is 13.7 Å². The largest absolute Gasteiger partial charge is 0.469 e. The van der Waals surface area contributed by atoms with Crippen LogP contribution in [0.4, 0.5) is 0 Å². The van der Waals surface area contributed by atoms with Gasteiger partial charge in [0, 0.05) is 12.8 Å². The van der Waals surface area contributed by atoms with E-state index in [4.69, 9.17) is 4.74 Å². The standard InChI is InChI=1S/C9H18O2.C4H8O2/c1-3-5-6-8-11-9(10)7-4-2;1-3-4(5)6-2/h3-8H2,1-2H3;3H2,1-2H3. The Morgan fingerprint density at radius 1 is 0.941 bits per heavy atom. The third-order valence-electron chi connectivity index (χ3n) is 1.98. The highest BCUT2D eigenvalue weighted by Crippen LogP contribution is 1.96. The number of methoxy groups -OCH3 is 1. The lowest BCUT2D eigenvalue weighted by Gasteiger charge is -2.01. The van der Waals surface area contributed by atoms with Crippen LogP contribution in [0, 0.1) is 0 Å². The molecule has 0 saturated heterocycles. The Morgan fingerprint density at radius 3 is 1.94 bits per heavy atom. The Bertz CT molecular complexity index is 184. The first-order valence-corrected chi connectivity index (χ1v) is 6.34. The molecular weight excluding hydrogens is 220 g/mol. The van der Waals surface area contributed by atoms with Crippen LogP contribution < -0.4 is 0 Å². The van der Waals surface area contributed by atoms with Gasteiger partial charge in [0.05, 0.1) is 13.7 Å². The van der Waals surface area contributed by atoms with Gasteiger partial charge in [-0.1, -0.05) is 33.6 Å². The molecule has 0 rings (SSSR count). The summed E-state index contributed by atoms with van der Waals surface area (Å²) in [6.45, 7) is 6.47. The minimum atomic E-state index is -0.157. The van der Waals surface area contributed by atoms with Crippen LogP contribution in [0.1, 0.15) is 59.3 Å². The van der Waals surface area contributed by atoms with Gasteiger partial charge < -0.3 is 9.47 Å². The SMILES string of the molecule is CCC(=O)OC.CCCCCOC(=O)CCC. The lowest BCUT2D eigenvalue weighted by Crippen LogP contribution is -2.04. The zero-order chi connectivity index (χ0) is 13.5. The van der Waals surface area contributed by atoms with Crippen molar-refractivity contribution in [2.45, 2.75) is 59.3 Å². The molecule has 17 heavy (non-hydrogen) atoms. The first-order valence-electron chi connectivity index (χ1n) is 6.34. The smallest absolute Gasteiger partial charge is 0.305 e. The number of unbranched alkanes of at least 4 members (excludes halogenated alkanes) is 2. The van der Waals surface area contributed by atoms with E-state index in [9.17, 15) is 9.59 Å². The molecule has 0 aliphatic heterocycles. The molecule has 0 saturated carbocycles. The maximum Gasteiger partial charge on any atom is 0.305 e. The topological polar surface area (TPSA) is 52.6 Å². The quantitative estimate of drug-likeness (QED) is 0.511. The molecule has 0 aliphatic rings. The summed E-state index contributed by atoms with van der Waals surface area (Å²) in [6, 6.07) is 0. The van der Waals surface area contributed by atoms with Gasteiger partial charge in [0.15, 0.2) is 0 Å². The Kier molecular flexibility index (Phi) is 16.1. The van der Waals surface area contributed by atoms with Gasteiger partial charge in [-0.25, -0.2) is 0 Å². The third-order valence-corrected chi connectivity index (χ3v) is 1.98. The number of esters is 2. The van der Waals surface area contributed by atoms with E-state index < -0.39 is 0 Å². The van der Waals surface area contributed by atoms with Gasteiger partial charge in [-0.2, -0.15) is 0 Å². The molecule has 0 spiro atoms. The summed E-state index contributed by atoms with van der Waals surface area (Å²) in [5.41, 5.74) is 0. The highest BCUT2D eigenvalue weighted by Gasteiger charge is 1.98. The molecule has 0 bridgehead atoms. The molecule has 0 N–H and O–H groups in total. The zero-order valence-electron chi connectivity index (χ0n) is 11.6. The molecule has 0 radical (unpaired) electrons. The van der Waals surface area contributed by atoms with Crippen LogP contribution in [-0.2, 0) is 19.1 Å². The molecule has 0 atom stereocenters. The normalized spacial score (nSPS) is 8.94. The van der Waals surface area contributed by atoms with E-state index in [2.05, 4.69) is 11.7 Å². The molecular formula is C13H26O4. The van der Waals surface area contributed by atoms with Gasteiger partial charge >= 0.3 is 11.9 Å². The average molecular weight is 246 g/mol. The van der Waals surface area contributed by atoms with E-state index in [1.54, 1.807) is 6.92 Å². The fourth-order valence-electron chi connectivity index (χ4n) is 0.959. The Labute approximate surface area is 105 Å². The van der Waals surface area contributed by atoms with Gasteiger partial charge in [0.2, 0.25) is 0 Å². The Hall–Kier alpha value is -1.06. The number of ether oxygens (including phenoxy) is 2. The van der Waals surface area contributed by atoms with Gasteiger partial charge in [-0.15, -0.1) is 0 Å². The van der Waals surface area contributed by atoms with Crippen LogP contribution in [-0.4, -0.2) is 25.7 Å². The van der Waals surface area contributed by atoms with E-state index in [-0.39, 0.29) is 11.9 Å². The minimum Gasteiger partial charge on any atom is -0.469 e. The highest BCUT2D eigenvalue weighted by atomic mass is 16.5. The van der Waals surface area contributed by atoms with Crippen LogP contribution in [0.5, 0.6) is 0 Å². The fourth-order valence-corrected chi connectivity index (χ4v) is 0.959. The molecule has 0 fully saturated rings. The lowest BCUT2D eigenvalue weighted by molar-refractivity contribution is -0.144. The summed E-state index contributed by atoms with van der Waals surface area (Å²) in [5, 5.41) is 0. The second-order valence-corrected chi connectivity index (χ2v) is 3.61. The van der Waals surface area contributed by atoms with Crippen molar-refractivity contribution in [2.24, 2.45) is 0 Å². The predicted octanol–water partition coefficient (Wildman–Crippen LogP) is 3.09.